The first-order valence-electron chi connectivity index (χ1n) is 9.82. The summed E-state index contributed by atoms with van der Waals surface area (Å²) < 4.78 is 40.1. The maximum atomic E-state index is 13.1. The molecule has 0 aromatic heterocycles. The van der Waals surface area contributed by atoms with E-state index in [1.54, 1.807) is 0 Å². The third kappa shape index (κ3) is 10.3. The summed E-state index contributed by atoms with van der Waals surface area (Å²) in [6, 6.07) is 5.03. The van der Waals surface area contributed by atoms with Crippen molar-refractivity contribution in [2.24, 2.45) is 10.8 Å². The number of nitro benzene ring substituents is 1. The maximum Gasteiger partial charge on any atom is 0.530 e. The second-order valence-corrected chi connectivity index (χ2v) is 11.1. The molecule has 0 saturated heterocycles. The van der Waals surface area contributed by atoms with Crippen molar-refractivity contribution >= 4 is 48.0 Å². The Morgan fingerprint density at radius 3 is 1.62 bits per heavy atom. The number of ether oxygens (including phenoxy) is 2. The Bertz CT molecular complexity index is 809. The molecule has 1 rings (SSSR count). The van der Waals surface area contributed by atoms with Crippen LogP contribution in [0.2, 0.25) is 0 Å². The van der Waals surface area contributed by atoms with Crippen LogP contribution in [0.15, 0.2) is 24.3 Å². The van der Waals surface area contributed by atoms with E-state index in [4.69, 9.17) is 47.5 Å². The molecule has 9 nitrogen and oxygen atoms in total. The number of hydrogen-bond acceptors (Lipinski definition) is 10. The van der Waals surface area contributed by atoms with Crippen molar-refractivity contribution in [2.75, 3.05) is 26.4 Å². The van der Waals surface area contributed by atoms with Crippen LogP contribution in [0.5, 0.6) is 5.75 Å². The molecule has 1 aromatic carbocycles. The molecule has 0 saturated carbocycles. The molecule has 0 aliphatic rings. The molecule has 180 valence electrons. The summed E-state index contributed by atoms with van der Waals surface area (Å²) in [7, 11) is -4.10. The predicted molar refractivity (Wildman–Crippen MR) is 129 cm³/mol. The molecule has 0 N–H and O–H groups in total. The number of phosphoric acid groups is 1. The van der Waals surface area contributed by atoms with Gasteiger partial charge in [-0.15, -0.1) is 0 Å². The van der Waals surface area contributed by atoms with E-state index < -0.39 is 12.7 Å². The Kier molecular flexibility index (Phi) is 10.6. The first kappa shape index (κ1) is 28.4. The molecule has 0 aliphatic heterocycles. The molecule has 0 unspecified atom stereocenters. The van der Waals surface area contributed by atoms with Gasteiger partial charge in [0.1, 0.15) is 19.0 Å². The van der Waals surface area contributed by atoms with Gasteiger partial charge in [0.05, 0.1) is 18.1 Å². The topological polar surface area (TPSA) is 106 Å². The van der Waals surface area contributed by atoms with Gasteiger partial charge in [0, 0.05) is 23.0 Å². The van der Waals surface area contributed by atoms with Crippen molar-refractivity contribution in [2.45, 2.75) is 41.5 Å². The fourth-order valence-electron chi connectivity index (χ4n) is 1.85. The minimum Gasteiger partial charge on any atom is -0.484 e. The number of nitro groups is 1. The van der Waals surface area contributed by atoms with Gasteiger partial charge >= 0.3 is 7.82 Å². The summed E-state index contributed by atoms with van der Waals surface area (Å²) in [6.45, 7) is 11.3. The van der Waals surface area contributed by atoms with Gasteiger partial charge in [0.15, 0.2) is 10.1 Å². The third-order valence-electron chi connectivity index (χ3n) is 3.62. The molecule has 0 amide bonds. The average molecular weight is 508 g/mol. The first-order chi connectivity index (χ1) is 14.6. The fourth-order valence-corrected chi connectivity index (χ4v) is 3.17. The molecular formula is C20H30NO8PS2. The van der Waals surface area contributed by atoms with Crippen LogP contribution < -0.4 is 4.52 Å². The minimum absolute atomic E-state index is 0.0394. The van der Waals surface area contributed by atoms with Crippen LogP contribution >= 0.6 is 32.3 Å². The molecule has 0 fully saturated rings. The quantitative estimate of drug-likeness (QED) is 0.118. The summed E-state index contributed by atoms with van der Waals surface area (Å²) in [5, 5.41) is 11.6. The van der Waals surface area contributed by atoms with E-state index in [-0.39, 0.29) is 48.7 Å². The zero-order chi connectivity index (χ0) is 24.6. The molecule has 32 heavy (non-hydrogen) atoms. The first-order valence-corrected chi connectivity index (χ1v) is 12.1. The number of rotatable bonds is 11. The second-order valence-electron chi connectivity index (χ2n) is 8.73. The van der Waals surface area contributed by atoms with E-state index >= 15 is 0 Å². The highest BCUT2D eigenvalue weighted by Crippen LogP contribution is 2.49. The van der Waals surface area contributed by atoms with E-state index in [0.29, 0.717) is 10.1 Å². The molecule has 0 heterocycles. The smallest absolute Gasteiger partial charge is 0.484 e. The zero-order valence-electron chi connectivity index (χ0n) is 19.1. The van der Waals surface area contributed by atoms with Gasteiger partial charge in [-0.3, -0.25) is 19.2 Å². The maximum absolute atomic E-state index is 13.1. The highest BCUT2D eigenvalue weighted by molar-refractivity contribution is 7.80. The standard InChI is InChI=1S/C20H30NO8PS2/c1-19(2,3)17(31)25-11-13-27-30(24,28-14-12-26-18(32)20(4,5)6)29-16-9-7-15(8-10-16)21(22)23/h7-10H,11-14H2,1-6H3. The summed E-state index contributed by atoms with van der Waals surface area (Å²) in [5.74, 6) is 0.0798. The second kappa shape index (κ2) is 12.0. The van der Waals surface area contributed by atoms with Crippen LogP contribution in [0.25, 0.3) is 0 Å². The average Bonchev–Trinajstić information content (AvgIpc) is 2.67. The molecule has 0 radical (unpaired) electrons. The molecule has 0 atom stereocenters. The van der Waals surface area contributed by atoms with Crippen molar-refractivity contribution in [1.82, 2.24) is 0 Å². The lowest BCUT2D eigenvalue weighted by atomic mass is 9.98. The Balaban J connectivity index is 2.75. The summed E-state index contributed by atoms with van der Waals surface area (Å²) in [6.07, 6.45) is 0. The molecule has 0 spiro atoms. The Hall–Kier alpha value is -1.65. The lowest BCUT2D eigenvalue weighted by Crippen LogP contribution is -2.23. The number of nitrogens with zero attached hydrogens (tertiary/aromatic N) is 1. The summed E-state index contributed by atoms with van der Waals surface area (Å²) in [4.78, 5) is 10.3. The number of hydrogen-bond donors (Lipinski definition) is 0. The minimum atomic E-state index is -4.10. The third-order valence-corrected chi connectivity index (χ3v) is 6.51. The van der Waals surface area contributed by atoms with Gasteiger partial charge in [0.2, 0.25) is 0 Å². The van der Waals surface area contributed by atoms with Crippen molar-refractivity contribution in [3.8, 4) is 5.75 Å². The lowest BCUT2D eigenvalue weighted by molar-refractivity contribution is -0.384. The van der Waals surface area contributed by atoms with Gasteiger partial charge in [-0.25, -0.2) is 4.57 Å². The van der Waals surface area contributed by atoms with Crippen LogP contribution in [0.3, 0.4) is 0 Å². The van der Waals surface area contributed by atoms with E-state index in [0.717, 1.165) is 0 Å². The lowest BCUT2D eigenvalue weighted by Gasteiger charge is -2.22. The summed E-state index contributed by atoms with van der Waals surface area (Å²) >= 11 is 10.4. The number of phosphoric ester groups is 1. The van der Waals surface area contributed by atoms with E-state index in [9.17, 15) is 14.7 Å². The number of thiocarbonyl (C=S) groups is 2. The van der Waals surface area contributed by atoms with Gasteiger partial charge in [-0.1, -0.05) is 41.5 Å². The van der Waals surface area contributed by atoms with Crippen LogP contribution in [-0.2, 0) is 23.1 Å². The van der Waals surface area contributed by atoms with E-state index in [2.05, 4.69) is 0 Å². The van der Waals surface area contributed by atoms with Crippen molar-refractivity contribution in [3.63, 3.8) is 0 Å². The molecule has 12 heteroatoms. The van der Waals surface area contributed by atoms with Crippen LogP contribution in [-0.4, -0.2) is 41.5 Å². The van der Waals surface area contributed by atoms with Crippen molar-refractivity contribution in [1.29, 1.82) is 0 Å². The van der Waals surface area contributed by atoms with Crippen LogP contribution in [0, 0.1) is 20.9 Å². The Morgan fingerprint density at radius 2 is 1.28 bits per heavy atom. The van der Waals surface area contributed by atoms with Gasteiger partial charge < -0.3 is 14.0 Å². The number of benzene rings is 1. The normalized spacial score (nSPS) is 12.2. The number of non-ortho nitro benzene ring substituents is 1. The molecule has 1 aromatic rings. The van der Waals surface area contributed by atoms with E-state index in [1.165, 1.54) is 24.3 Å². The predicted octanol–water partition coefficient (Wildman–Crippen LogP) is 5.90. The Morgan fingerprint density at radius 1 is 0.875 bits per heavy atom. The zero-order valence-corrected chi connectivity index (χ0v) is 21.6. The van der Waals surface area contributed by atoms with E-state index in [1.807, 2.05) is 41.5 Å². The molecular weight excluding hydrogens is 477 g/mol. The SMILES string of the molecule is CC(C)(C)C(=S)OCCOP(=O)(OCCOC(=S)C(C)(C)C)Oc1ccc([N+](=O)[O-])cc1. The molecule has 0 bridgehead atoms. The summed E-state index contributed by atoms with van der Waals surface area (Å²) in [5.41, 5.74) is -0.788. The fraction of sp³-hybridized carbons (Fsp3) is 0.600. The van der Waals surface area contributed by atoms with Gasteiger partial charge in [0.25, 0.3) is 5.69 Å². The highest BCUT2D eigenvalue weighted by Gasteiger charge is 2.30. The monoisotopic (exact) mass is 507 g/mol. The van der Waals surface area contributed by atoms with Crippen LogP contribution in [0.1, 0.15) is 41.5 Å². The van der Waals surface area contributed by atoms with Gasteiger partial charge in [-0.2, -0.15) is 0 Å². The van der Waals surface area contributed by atoms with Gasteiger partial charge in [-0.05, 0) is 36.6 Å². The van der Waals surface area contributed by atoms with Crippen molar-refractivity contribution in [3.05, 3.63) is 34.4 Å². The highest BCUT2D eigenvalue weighted by atomic mass is 32.1. The van der Waals surface area contributed by atoms with Crippen molar-refractivity contribution < 1.29 is 32.5 Å². The largest absolute Gasteiger partial charge is 0.530 e. The Labute approximate surface area is 199 Å². The van der Waals surface area contributed by atoms with Crippen LogP contribution in [0.4, 0.5) is 5.69 Å². The molecule has 0 aliphatic carbocycles.